The number of nitrogens with zero attached hydrogens (tertiary/aromatic N) is 1. The number of thiophene rings is 1. The highest BCUT2D eigenvalue weighted by atomic mass is 32.1. The van der Waals surface area contributed by atoms with Crippen molar-refractivity contribution in [2.75, 3.05) is 32.7 Å². The summed E-state index contributed by atoms with van der Waals surface area (Å²) in [6.07, 6.45) is 0.0863. The number of benzene rings is 2. The Morgan fingerprint density at radius 2 is 1.86 bits per heavy atom. The second-order valence-electron chi connectivity index (χ2n) is 8.23. The lowest BCUT2D eigenvalue weighted by Crippen LogP contribution is -2.09. The molecular formula is C28H28N2O5S. The first-order valence-corrected chi connectivity index (χ1v) is 12.5. The summed E-state index contributed by atoms with van der Waals surface area (Å²) in [6.45, 7) is 2.08. The molecule has 0 saturated carbocycles. The number of ketones is 2. The fourth-order valence-electron chi connectivity index (χ4n) is 4.02. The van der Waals surface area contributed by atoms with Crippen molar-refractivity contribution >= 4 is 38.7 Å². The van der Waals surface area contributed by atoms with E-state index in [1.807, 2.05) is 19.2 Å². The van der Waals surface area contributed by atoms with Crippen LogP contribution in [0.2, 0.25) is 0 Å². The highest BCUT2D eigenvalue weighted by molar-refractivity contribution is 7.18. The minimum Gasteiger partial charge on any atom is -0.493 e. The number of aliphatic hydroxyl groups is 1. The van der Waals surface area contributed by atoms with Crippen LogP contribution in [0.1, 0.15) is 39.3 Å². The second-order valence-corrected chi connectivity index (χ2v) is 9.11. The maximum absolute atomic E-state index is 13.0. The largest absolute Gasteiger partial charge is 0.493 e. The topological polar surface area (TPSA) is 97.8 Å². The summed E-state index contributed by atoms with van der Waals surface area (Å²) in [5, 5.41) is 15.3. The van der Waals surface area contributed by atoms with Gasteiger partial charge in [0, 0.05) is 46.5 Å². The predicted molar refractivity (Wildman–Crippen MR) is 143 cm³/mol. The van der Waals surface area contributed by atoms with E-state index in [4.69, 9.17) is 19.6 Å². The van der Waals surface area contributed by atoms with Gasteiger partial charge in [-0.05, 0) is 42.8 Å². The zero-order chi connectivity index (χ0) is 25.7. The van der Waals surface area contributed by atoms with Crippen LogP contribution in [0.4, 0.5) is 5.69 Å². The first kappa shape index (κ1) is 25.3. The lowest BCUT2D eigenvalue weighted by atomic mass is 10.0. The molecule has 0 aliphatic carbocycles. The van der Waals surface area contributed by atoms with Gasteiger partial charge in [-0.25, -0.2) is 4.98 Å². The number of rotatable bonds is 11. The number of carbonyl (C=O) groups is 2. The molecule has 0 saturated heterocycles. The molecule has 0 bridgehead atoms. The van der Waals surface area contributed by atoms with E-state index in [0.717, 1.165) is 22.3 Å². The normalized spacial score (nSPS) is 10.9. The molecule has 0 amide bonds. The van der Waals surface area contributed by atoms with Gasteiger partial charge in [-0.2, -0.15) is 0 Å². The summed E-state index contributed by atoms with van der Waals surface area (Å²) in [6, 6.07) is 14.6. The van der Waals surface area contributed by atoms with Gasteiger partial charge in [-0.3, -0.25) is 9.59 Å². The van der Waals surface area contributed by atoms with Gasteiger partial charge in [-0.15, -0.1) is 11.3 Å². The van der Waals surface area contributed by atoms with E-state index in [1.54, 1.807) is 35.6 Å². The number of carbonyl (C=O) groups excluding carboxylic acids is 2. The quantitative estimate of drug-likeness (QED) is 0.259. The molecule has 0 aliphatic rings. The van der Waals surface area contributed by atoms with Crippen molar-refractivity contribution in [3.63, 3.8) is 0 Å². The van der Waals surface area contributed by atoms with E-state index in [-0.39, 0.29) is 37.6 Å². The van der Waals surface area contributed by atoms with E-state index in [9.17, 15) is 9.59 Å². The van der Waals surface area contributed by atoms with Crippen molar-refractivity contribution in [2.45, 2.75) is 19.8 Å². The molecule has 0 spiro atoms. The lowest BCUT2D eigenvalue weighted by Gasteiger charge is -2.11. The molecular weight excluding hydrogens is 476 g/mol. The number of anilines is 1. The Kier molecular flexibility index (Phi) is 7.97. The zero-order valence-corrected chi connectivity index (χ0v) is 21.3. The number of aliphatic hydroxyl groups excluding tert-OH is 1. The highest BCUT2D eigenvalue weighted by Gasteiger charge is 2.18. The summed E-state index contributed by atoms with van der Waals surface area (Å²) in [5.74, 6) is 0.462. The molecule has 36 heavy (non-hydrogen) atoms. The van der Waals surface area contributed by atoms with Crippen LogP contribution in [0.5, 0.6) is 11.5 Å². The number of hydrogen-bond donors (Lipinski definition) is 2. The minimum atomic E-state index is -0.196. The molecule has 0 unspecified atom stereocenters. The minimum absolute atomic E-state index is 0.0404. The molecule has 2 aromatic carbocycles. The van der Waals surface area contributed by atoms with Crippen LogP contribution in [0.15, 0.2) is 53.9 Å². The van der Waals surface area contributed by atoms with Gasteiger partial charge in [0.15, 0.2) is 23.1 Å². The van der Waals surface area contributed by atoms with Gasteiger partial charge in [0.2, 0.25) is 0 Å². The summed E-state index contributed by atoms with van der Waals surface area (Å²) >= 11 is 1.66. The van der Waals surface area contributed by atoms with Crippen molar-refractivity contribution in [2.24, 2.45) is 0 Å². The van der Waals surface area contributed by atoms with Gasteiger partial charge < -0.3 is 19.9 Å². The van der Waals surface area contributed by atoms with Crippen LogP contribution < -0.4 is 14.8 Å². The van der Waals surface area contributed by atoms with Crippen LogP contribution in [0, 0.1) is 6.92 Å². The maximum atomic E-state index is 13.0. The van der Waals surface area contributed by atoms with E-state index in [0.29, 0.717) is 22.8 Å². The van der Waals surface area contributed by atoms with E-state index >= 15 is 0 Å². The SMILES string of the molecule is CNc1ccc(C(=O)CCC(=O)c2ccc(OCCO)c(OC)c2)nc1-c1csc2c(C)cccc12. The summed E-state index contributed by atoms with van der Waals surface area (Å²) in [5.41, 5.74) is 4.48. The average Bonchev–Trinajstić information content (AvgIpc) is 3.35. The molecule has 0 fully saturated rings. The number of Topliss-reactive ketones (excluding diaryl/α,β-unsaturated/α-hetero) is 2. The molecule has 7 nitrogen and oxygen atoms in total. The van der Waals surface area contributed by atoms with Gasteiger partial charge in [-0.1, -0.05) is 18.2 Å². The molecule has 4 aromatic rings. The number of hydrogen-bond acceptors (Lipinski definition) is 8. The van der Waals surface area contributed by atoms with Gasteiger partial charge in [0.05, 0.1) is 25.1 Å². The first-order valence-electron chi connectivity index (χ1n) is 11.6. The zero-order valence-electron chi connectivity index (χ0n) is 20.5. The number of methoxy groups -OCH3 is 1. The number of ether oxygens (including phenoxy) is 2. The molecule has 2 N–H and O–H groups in total. The lowest BCUT2D eigenvalue weighted by molar-refractivity contribution is 0.0915. The number of fused-ring (bicyclic) bond motifs is 1. The Hall–Kier alpha value is -3.75. The van der Waals surface area contributed by atoms with Crippen molar-refractivity contribution < 1.29 is 24.2 Å². The Morgan fingerprint density at radius 1 is 1.06 bits per heavy atom. The molecule has 0 aliphatic heterocycles. The molecule has 186 valence electrons. The van der Waals surface area contributed by atoms with Crippen LogP contribution in [0.3, 0.4) is 0 Å². The third kappa shape index (κ3) is 5.24. The number of aryl methyl sites for hydroxylation is 1. The van der Waals surface area contributed by atoms with Crippen LogP contribution in [-0.4, -0.2) is 49.0 Å². The first-order chi connectivity index (χ1) is 17.5. The summed E-state index contributed by atoms with van der Waals surface area (Å²) in [7, 11) is 3.31. The van der Waals surface area contributed by atoms with Gasteiger partial charge in [0.1, 0.15) is 12.3 Å². The second kappa shape index (κ2) is 11.3. The van der Waals surface area contributed by atoms with Crippen LogP contribution >= 0.6 is 11.3 Å². The van der Waals surface area contributed by atoms with Crippen LogP contribution in [0.25, 0.3) is 21.3 Å². The smallest absolute Gasteiger partial charge is 0.181 e. The summed E-state index contributed by atoms with van der Waals surface area (Å²) in [4.78, 5) is 30.5. The van der Waals surface area contributed by atoms with Crippen LogP contribution in [-0.2, 0) is 0 Å². The van der Waals surface area contributed by atoms with E-state index < -0.39 is 0 Å². The maximum Gasteiger partial charge on any atom is 0.181 e. The monoisotopic (exact) mass is 504 g/mol. The molecule has 4 rings (SSSR count). The molecule has 8 heteroatoms. The standard InChI is InChI=1S/C28H28N2O5S/c1-17-5-4-6-19-20(16-36-28(17)19)27-22(29-2)9-8-21(30-27)24(33)11-10-23(32)18-7-12-25(35-14-13-31)26(15-18)34-3/h4-9,12,15-16,29,31H,10-11,13-14H2,1-3H3. The third-order valence-electron chi connectivity index (χ3n) is 5.92. The van der Waals surface area contributed by atoms with Crippen molar-refractivity contribution in [3.05, 3.63) is 70.7 Å². The molecule has 0 radical (unpaired) electrons. The fraction of sp³-hybridized carbons (Fsp3) is 0.250. The highest BCUT2D eigenvalue weighted by Crippen LogP contribution is 2.38. The van der Waals surface area contributed by atoms with Gasteiger partial charge in [0.25, 0.3) is 0 Å². The predicted octanol–water partition coefficient (Wildman–Crippen LogP) is 5.54. The van der Waals surface area contributed by atoms with Crippen molar-refractivity contribution in [1.82, 2.24) is 4.98 Å². The Morgan fingerprint density at radius 3 is 2.61 bits per heavy atom. The third-order valence-corrected chi connectivity index (χ3v) is 7.05. The van der Waals surface area contributed by atoms with E-state index in [2.05, 4.69) is 29.8 Å². The molecule has 2 heterocycles. The number of aromatic nitrogens is 1. The van der Waals surface area contributed by atoms with Crippen molar-refractivity contribution in [1.29, 1.82) is 0 Å². The average molecular weight is 505 g/mol. The Bertz CT molecular complexity index is 1410. The summed E-state index contributed by atoms with van der Waals surface area (Å²) < 4.78 is 11.9. The van der Waals surface area contributed by atoms with Gasteiger partial charge >= 0.3 is 0 Å². The van der Waals surface area contributed by atoms with E-state index in [1.165, 1.54) is 17.4 Å². The number of nitrogens with one attached hydrogen (secondary N) is 1. The van der Waals surface area contributed by atoms with Crippen molar-refractivity contribution in [3.8, 4) is 22.8 Å². The molecule has 0 atom stereocenters. The molecule has 2 aromatic heterocycles. The Balaban J connectivity index is 1.52. The number of pyridine rings is 1. The fourth-order valence-corrected chi connectivity index (χ4v) is 5.06. The Labute approximate surface area is 213 Å².